The molecule has 0 radical (unpaired) electrons. The quantitative estimate of drug-likeness (QED) is 0.872. The SMILES string of the molecule is CC1CCCCC1NC(CN(C)C)c1ccccc1. The maximum absolute atomic E-state index is 3.91. The minimum absolute atomic E-state index is 0.446. The van der Waals surface area contributed by atoms with Crippen LogP contribution < -0.4 is 5.32 Å². The largest absolute Gasteiger partial charge is 0.308 e. The number of nitrogens with zero attached hydrogens (tertiary/aromatic N) is 1. The van der Waals surface area contributed by atoms with Gasteiger partial charge in [0, 0.05) is 18.6 Å². The second-order valence-electron chi connectivity index (χ2n) is 6.26. The second kappa shape index (κ2) is 7.06. The van der Waals surface area contributed by atoms with Crippen LogP contribution in [0.25, 0.3) is 0 Å². The molecule has 3 atom stereocenters. The Labute approximate surface area is 118 Å². The van der Waals surface area contributed by atoms with Crippen molar-refractivity contribution in [2.24, 2.45) is 5.92 Å². The molecule has 0 aromatic heterocycles. The van der Waals surface area contributed by atoms with Crippen LogP contribution in [-0.4, -0.2) is 31.6 Å². The van der Waals surface area contributed by atoms with E-state index in [9.17, 15) is 0 Å². The lowest BCUT2D eigenvalue weighted by Gasteiger charge is -2.34. The topological polar surface area (TPSA) is 15.3 Å². The second-order valence-corrected chi connectivity index (χ2v) is 6.26. The third-order valence-electron chi connectivity index (χ3n) is 4.28. The van der Waals surface area contributed by atoms with Gasteiger partial charge in [-0.1, -0.05) is 50.1 Å². The van der Waals surface area contributed by atoms with Crippen LogP contribution in [0.5, 0.6) is 0 Å². The molecule has 1 aromatic rings. The van der Waals surface area contributed by atoms with Crippen LogP contribution in [0.1, 0.15) is 44.2 Å². The highest BCUT2D eigenvalue weighted by atomic mass is 15.1. The monoisotopic (exact) mass is 260 g/mol. The summed E-state index contributed by atoms with van der Waals surface area (Å²) in [6.07, 6.45) is 5.49. The van der Waals surface area contributed by atoms with E-state index in [2.05, 4.69) is 61.6 Å². The molecule has 0 amide bonds. The first-order valence-electron chi connectivity index (χ1n) is 7.62. The molecule has 1 N–H and O–H groups in total. The number of rotatable bonds is 5. The average Bonchev–Trinajstić information content (AvgIpc) is 2.41. The fraction of sp³-hybridized carbons (Fsp3) is 0.647. The molecule has 1 aliphatic rings. The Morgan fingerprint density at radius 2 is 1.84 bits per heavy atom. The van der Waals surface area contributed by atoms with Crippen LogP contribution in [0.15, 0.2) is 30.3 Å². The number of likely N-dealkylation sites (N-methyl/N-ethyl adjacent to an activating group) is 1. The van der Waals surface area contributed by atoms with E-state index in [1.807, 2.05) is 0 Å². The van der Waals surface area contributed by atoms with Gasteiger partial charge < -0.3 is 10.2 Å². The van der Waals surface area contributed by atoms with Gasteiger partial charge in [0.05, 0.1) is 0 Å². The minimum atomic E-state index is 0.446. The molecular formula is C17H28N2. The molecule has 2 nitrogen and oxygen atoms in total. The van der Waals surface area contributed by atoms with Crippen molar-refractivity contribution in [2.45, 2.75) is 44.7 Å². The van der Waals surface area contributed by atoms with Crippen LogP contribution in [0.4, 0.5) is 0 Å². The molecule has 0 aliphatic heterocycles. The summed E-state index contributed by atoms with van der Waals surface area (Å²) in [5.74, 6) is 0.808. The van der Waals surface area contributed by atoms with Gasteiger partial charge in [0.25, 0.3) is 0 Å². The Hall–Kier alpha value is -0.860. The zero-order valence-electron chi connectivity index (χ0n) is 12.6. The summed E-state index contributed by atoms with van der Waals surface area (Å²) >= 11 is 0. The van der Waals surface area contributed by atoms with Crippen molar-refractivity contribution >= 4 is 0 Å². The van der Waals surface area contributed by atoms with Gasteiger partial charge in [0.15, 0.2) is 0 Å². The van der Waals surface area contributed by atoms with Gasteiger partial charge >= 0.3 is 0 Å². The molecule has 2 rings (SSSR count). The van der Waals surface area contributed by atoms with E-state index in [1.54, 1.807) is 0 Å². The first-order valence-corrected chi connectivity index (χ1v) is 7.62. The van der Waals surface area contributed by atoms with Crippen molar-refractivity contribution in [2.75, 3.05) is 20.6 Å². The van der Waals surface area contributed by atoms with E-state index >= 15 is 0 Å². The van der Waals surface area contributed by atoms with Crippen molar-refractivity contribution in [3.8, 4) is 0 Å². The molecule has 1 fully saturated rings. The van der Waals surface area contributed by atoms with E-state index < -0.39 is 0 Å². The van der Waals surface area contributed by atoms with Crippen molar-refractivity contribution < 1.29 is 0 Å². The van der Waals surface area contributed by atoms with Crippen molar-refractivity contribution in [3.63, 3.8) is 0 Å². The molecule has 106 valence electrons. The lowest BCUT2D eigenvalue weighted by atomic mass is 9.85. The molecular weight excluding hydrogens is 232 g/mol. The van der Waals surface area contributed by atoms with E-state index in [0.29, 0.717) is 12.1 Å². The molecule has 1 aromatic carbocycles. The van der Waals surface area contributed by atoms with Gasteiger partial charge in [-0.15, -0.1) is 0 Å². The summed E-state index contributed by atoms with van der Waals surface area (Å²) in [6, 6.07) is 12.0. The van der Waals surface area contributed by atoms with Gasteiger partial charge in [0.2, 0.25) is 0 Å². The summed E-state index contributed by atoms with van der Waals surface area (Å²) < 4.78 is 0. The van der Waals surface area contributed by atoms with Crippen LogP contribution in [0.3, 0.4) is 0 Å². The number of hydrogen-bond acceptors (Lipinski definition) is 2. The van der Waals surface area contributed by atoms with Gasteiger partial charge in [-0.05, 0) is 38.4 Å². The molecule has 0 spiro atoms. The van der Waals surface area contributed by atoms with Gasteiger partial charge in [0.1, 0.15) is 0 Å². The first-order chi connectivity index (χ1) is 9.16. The zero-order valence-corrected chi connectivity index (χ0v) is 12.6. The third-order valence-corrected chi connectivity index (χ3v) is 4.28. The van der Waals surface area contributed by atoms with E-state index in [-0.39, 0.29) is 0 Å². The Balaban J connectivity index is 2.05. The van der Waals surface area contributed by atoms with Gasteiger partial charge in [-0.3, -0.25) is 0 Å². The maximum Gasteiger partial charge on any atom is 0.0451 e. The zero-order chi connectivity index (χ0) is 13.7. The fourth-order valence-corrected chi connectivity index (χ4v) is 3.13. The van der Waals surface area contributed by atoms with Crippen LogP contribution in [-0.2, 0) is 0 Å². The predicted octanol–water partition coefficient (Wildman–Crippen LogP) is 3.46. The summed E-state index contributed by atoms with van der Waals surface area (Å²) in [6.45, 7) is 3.46. The summed E-state index contributed by atoms with van der Waals surface area (Å²) in [4.78, 5) is 2.28. The molecule has 0 bridgehead atoms. The van der Waals surface area contributed by atoms with Gasteiger partial charge in [-0.25, -0.2) is 0 Å². The normalized spacial score (nSPS) is 25.5. The van der Waals surface area contributed by atoms with Crippen LogP contribution in [0, 0.1) is 5.92 Å². The van der Waals surface area contributed by atoms with E-state index in [0.717, 1.165) is 12.5 Å². The predicted molar refractivity (Wildman–Crippen MR) is 82.3 cm³/mol. The Bertz CT molecular complexity index is 361. The Kier molecular flexibility index (Phi) is 5.41. The number of benzene rings is 1. The van der Waals surface area contributed by atoms with E-state index in [1.165, 1.54) is 31.2 Å². The maximum atomic E-state index is 3.91. The smallest absolute Gasteiger partial charge is 0.0451 e. The van der Waals surface area contributed by atoms with Crippen LogP contribution in [0.2, 0.25) is 0 Å². The van der Waals surface area contributed by atoms with Crippen molar-refractivity contribution in [3.05, 3.63) is 35.9 Å². The summed E-state index contributed by atoms with van der Waals surface area (Å²) in [5.41, 5.74) is 1.41. The van der Waals surface area contributed by atoms with Crippen molar-refractivity contribution in [1.82, 2.24) is 10.2 Å². The number of hydrogen-bond donors (Lipinski definition) is 1. The van der Waals surface area contributed by atoms with E-state index in [4.69, 9.17) is 0 Å². The summed E-state index contributed by atoms with van der Waals surface area (Å²) in [5, 5.41) is 3.91. The highest BCUT2D eigenvalue weighted by Gasteiger charge is 2.24. The van der Waals surface area contributed by atoms with Gasteiger partial charge in [-0.2, -0.15) is 0 Å². The molecule has 1 saturated carbocycles. The molecule has 0 saturated heterocycles. The number of nitrogens with one attached hydrogen (secondary N) is 1. The lowest BCUT2D eigenvalue weighted by Crippen LogP contribution is -2.42. The Morgan fingerprint density at radius 3 is 2.47 bits per heavy atom. The van der Waals surface area contributed by atoms with Crippen molar-refractivity contribution in [1.29, 1.82) is 0 Å². The lowest BCUT2D eigenvalue weighted by molar-refractivity contribution is 0.236. The summed E-state index contributed by atoms with van der Waals surface area (Å²) in [7, 11) is 4.31. The third kappa shape index (κ3) is 4.32. The fourth-order valence-electron chi connectivity index (χ4n) is 3.13. The molecule has 1 aliphatic carbocycles. The minimum Gasteiger partial charge on any atom is -0.308 e. The molecule has 19 heavy (non-hydrogen) atoms. The Morgan fingerprint density at radius 1 is 1.16 bits per heavy atom. The standard InChI is InChI=1S/C17H28N2/c1-14-9-7-8-12-16(14)18-17(13-19(2)3)15-10-5-4-6-11-15/h4-6,10-11,14,16-18H,7-9,12-13H2,1-3H3. The van der Waals surface area contributed by atoms with Crippen LogP contribution >= 0.6 is 0 Å². The average molecular weight is 260 g/mol. The molecule has 0 heterocycles. The molecule has 3 unspecified atom stereocenters. The highest BCUT2D eigenvalue weighted by Crippen LogP contribution is 2.26. The molecule has 2 heteroatoms. The highest BCUT2D eigenvalue weighted by molar-refractivity contribution is 5.19. The first kappa shape index (κ1) is 14.5.